The van der Waals surface area contributed by atoms with Crippen LogP contribution < -0.4 is 5.73 Å². The minimum absolute atomic E-state index is 0.0557. The van der Waals surface area contributed by atoms with Crippen molar-refractivity contribution in [1.82, 2.24) is 4.57 Å². The van der Waals surface area contributed by atoms with Crippen LogP contribution in [0.25, 0.3) is 5.69 Å². The third-order valence-corrected chi connectivity index (χ3v) is 5.01. The quantitative estimate of drug-likeness (QED) is 0.657. The number of ether oxygens (including phenoxy) is 2. The van der Waals surface area contributed by atoms with Crippen LogP contribution in [0.15, 0.2) is 21.2 Å². The Morgan fingerprint density at radius 2 is 1.88 bits per heavy atom. The van der Waals surface area contributed by atoms with Crippen LogP contribution in [-0.4, -0.2) is 30.7 Å². The Balaban J connectivity index is 2.91. The largest absolute Gasteiger partial charge is 0.465 e. The number of aromatic nitrogens is 1. The number of carbonyl (C=O) groups is 2. The van der Waals surface area contributed by atoms with Crippen LogP contribution in [0.1, 0.15) is 26.4 Å². The molecule has 0 radical (unpaired) electrons. The Kier molecular flexibility index (Phi) is 5.77. The Morgan fingerprint density at radius 1 is 1.28 bits per heavy atom. The van der Waals surface area contributed by atoms with Crippen LogP contribution in [0.5, 0.6) is 0 Å². The van der Waals surface area contributed by atoms with E-state index >= 15 is 0 Å². The molecule has 0 fully saturated rings. The van der Waals surface area contributed by atoms with Crippen molar-refractivity contribution in [3.63, 3.8) is 0 Å². The van der Waals surface area contributed by atoms with Gasteiger partial charge in [0, 0.05) is 10.7 Å². The highest BCUT2D eigenvalue weighted by Crippen LogP contribution is 2.39. The molecule has 0 aliphatic carbocycles. The van der Waals surface area contributed by atoms with Crippen molar-refractivity contribution in [3.05, 3.63) is 43.1 Å². The summed E-state index contributed by atoms with van der Waals surface area (Å²) in [6.07, 6.45) is 1.34. The van der Waals surface area contributed by atoms with E-state index in [-0.39, 0.29) is 37.7 Å². The molecule has 0 bridgehead atoms. The molecule has 0 spiro atoms. The van der Waals surface area contributed by atoms with Crippen molar-refractivity contribution >= 4 is 61.1 Å². The minimum atomic E-state index is -0.760. The molecule has 0 aliphatic rings. The molecule has 0 unspecified atom stereocenters. The van der Waals surface area contributed by atoms with E-state index in [4.69, 9.17) is 26.8 Å². The molecule has 2 N–H and O–H groups in total. The molecular formula is C15H10Br2ClN3O4. The van der Waals surface area contributed by atoms with Gasteiger partial charge >= 0.3 is 11.9 Å². The number of rotatable bonds is 3. The van der Waals surface area contributed by atoms with Crippen LogP contribution in [0.3, 0.4) is 0 Å². The molecule has 2 aromatic rings. The lowest BCUT2D eigenvalue weighted by Gasteiger charge is -2.16. The van der Waals surface area contributed by atoms with Crippen molar-refractivity contribution in [2.45, 2.75) is 0 Å². The maximum Gasteiger partial charge on any atom is 0.357 e. The van der Waals surface area contributed by atoms with Gasteiger partial charge in [-0.05, 0) is 37.9 Å². The van der Waals surface area contributed by atoms with Crippen LogP contribution in [-0.2, 0) is 9.47 Å². The highest BCUT2D eigenvalue weighted by atomic mass is 79.9. The molecular weight excluding hydrogens is 481 g/mol. The second-order valence-electron chi connectivity index (χ2n) is 4.65. The summed E-state index contributed by atoms with van der Waals surface area (Å²) in [5, 5.41) is 9.39. The maximum atomic E-state index is 12.1. The molecule has 1 aromatic heterocycles. The molecule has 7 nitrogen and oxygen atoms in total. The zero-order valence-corrected chi connectivity index (χ0v) is 16.8. The molecule has 1 heterocycles. The van der Waals surface area contributed by atoms with E-state index in [2.05, 4.69) is 31.9 Å². The maximum absolute atomic E-state index is 12.1. The van der Waals surface area contributed by atoms with E-state index < -0.39 is 11.9 Å². The van der Waals surface area contributed by atoms with Gasteiger partial charge in [0.2, 0.25) is 0 Å². The van der Waals surface area contributed by atoms with E-state index in [9.17, 15) is 14.9 Å². The number of nitriles is 1. The third kappa shape index (κ3) is 3.25. The van der Waals surface area contributed by atoms with Gasteiger partial charge in [-0.1, -0.05) is 11.6 Å². The SMILES string of the molecule is COC(=O)c1c(Br)cc(Cl)c(-n2cc(C#N)c(N)c2C(=O)OC)c1Br. The second-order valence-corrected chi connectivity index (χ2v) is 6.70. The van der Waals surface area contributed by atoms with Gasteiger partial charge in [0.15, 0.2) is 5.69 Å². The van der Waals surface area contributed by atoms with Gasteiger partial charge < -0.3 is 19.8 Å². The Bertz CT molecular complexity index is 934. The van der Waals surface area contributed by atoms with E-state index in [0.29, 0.717) is 4.47 Å². The van der Waals surface area contributed by atoms with Gasteiger partial charge in [-0.2, -0.15) is 5.26 Å². The summed E-state index contributed by atoms with van der Waals surface area (Å²) in [6, 6.07) is 3.36. The second kappa shape index (κ2) is 7.47. The molecule has 25 heavy (non-hydrogen) atoms. The summed E-state index contributed by atoms with van der Waals surface area (Å²) >= 11 is 12.9. The van der Waals surface area contributed by atoms with Crippen molar-refractivity contribution in [3.8, 4) is 11.8 Å². The average Bonchev–Trinajstić information content (AvgIpc) is 2.89. The molecule has 130 valence electrons. The van der Waals surface area contributed by atoms with Crippen LogP contribution in [0, 0.1) is 11.3 Å². The first-order chi connectivity index (χ1) is 11.8. The molecule has 0 saturated carbocycles. The van der Waals surface area contributed by atoms with Gasteiger partial charge in [-0.25, -0.2) is 9.59 Å². The number of nitrogens with two attached hydrogens (primary N) is 1. The van der Waals surface area contributed by atoms with Gasteiger partial charge in [0.25, 0.3) is 0 Å². The van der Waals surface area contributed by atoms with Gasteiger partial charge in [0.1, 0.15) is 6.07 Å². The predicted molar refractivity (Wildman–Crippen MR) is 98.0 cm³/mol. The third-order valence-electron chi connectivity index (χ3n) is 3.32. The molecule has 0 saturated heterocycles. The van der Waals surface area contributed by atoms with Crippen molar-refractivity contribution in [2.75, 3.05) is 20.0 Å². The van der Waals surface area contributed by atoms with Gasteiger partial charge in [0.05, 0.1) is 46.2 Å². The first-order valence-electron chi connectivity index (χ1n) is 6.53. The molecule has 2 rings (SSSR count). The lowest BCUT2D eigenvalue weighted by molar-refractivity contribution is 0.0588. The summed E-state index contributed by atoms with van der Waals surface area (Å²) in [4.78, 5) is 24.2. The lowest BCUT2D eigenvalue weighted by Crippen LogP contribution is -2.13. The van der Waals surface area contributed by atoms with Gasteiger partial charge in [-0.15, -0.1) is 0 Å². The number of benzene rings is 1. The number of halogens is 3. The number of anilines is 1. The number of esters is 2. The fraction of sp³-hybridized carbons (Fsp3) is 0.133. The van der Waals surface area contributed by atoms with Gasteiger partial charge in [-0.3, -0.25) is 0 Å². The Labute approximate surface area is 164 Å². The summed E-state index contributed by atoms with van der Waals surface area (Å²) < 4.78 is 11.4. The fourth-order valence-corrected chi connectivity index (χ4v) is 4.36. The highest BCUT2D eigenvalue weighted by molar-refractivity contribution is 9.11. The lowest BCUT2D eigenvalue weighted by atomic mass is 10.2. The number of hydrogen-bond donors (Lipinski definition) is 1. The first-order valence-corrected chi connectivity index (χ1v) is 8.50. The van der Waals surface area contributed by atoms with Crippen molar-refractivity contribution < 1.29 is 19.1 Å². The van der Waals surface area contributed by atoms with E-state index in [0.717, 1.165) is 0 Å². The summed E-state index contributed by atoms with van der Waals surface area (Å²) in [5.41, 5.74) is 6.19. The molecule has 0 aliphatic heterocycles. The highest BCUT2D eigenvalue weighted by Gasteiger charge is 2.27. The van der Waals surface area contributed by atoms with E-state index in [1.165, 1.54) is 31.0 Å². The standard InChI is InChI=1S/C15H10Br2ClN3O4/c1-24-14(22)9-7(16)3-8(18)12(10(9)17)21-5-6(4-19)11(20)13(21)15(23)25-2/h3,5H,20H2,1-2H3. The Morgan fingerprint density at radius 3 is 2.40 bits per heavy atom. The summed E-state index contributed by atoms with van der Waals surface area (Å²) in [6.45, 7) is 0. The van der Waals surface area contributed by atoms with E-state index in [1.54, 1.807) is 0 Å². The number of nitrogen functional groups attached to an aromatic ring is 1. The van der Waals surface area contributed by atoms with Crippen LogP contribution in [0.4, 0.5) is 5.69 Å². The number of methoxy groups -OCH3 is 2. The normalized spacial score (nSPS) is 10.2. The predicted octanol–water partition coefficient (Wildman–Crippen LogP) is 3.68. The molecule has 10 heteroatoms. The average molecular weight is 492 g/mol. The van der Waals surface area contributed by atoms with E-state index in [1.807, 2.05) is 6.07 Å². The molecule has 1 aromatic carbocycles. The topological polar surface area (TPSA) is 107 Å². The number of carbonyl (C=O) groups excluding carboxylic acids is 2. The monoisotopic (exact) mass is 489 g/mol. The Hall–Kier alpha value is -2.02. The smallest absolute Gasteiger partial charge is 0.357 e. The first kappa shape index (κ1) is 19.3. The fourth-order valence-electron chi connectivity index (χ4n) is 2.18. The zero-order valence-electron chi connectivity index (χ0n) is 12.9. The molecule has 0 atom stereocenters. The summed E-state index contributed by atoms with van der Waals surface area (Å²) in [5.74, 6) is -1.39. The number of hydrogen-bond acceptors (Lipinski definition) is 6. The number of nitrogens with zero attached hydrogens (tertiary/aromatic N) is 2. The van der Waals surface area contributed by atoms with Crippen molar-refractivity contribution in [2.24, 2.45) is 0 Å². The summed E-state index contributed by atoms with van der Waals surface area (Å²) in [7, 11) is 2.42. The molecule has 0 amide bonds. The van der Waals surface area contributed by atoms with Crippen molar-refractivity contribution in [1.29, 1.82) is 5.26 Å². The minimum Gasteiger partial charge on any atom is -0.465 e. The zero-order chi connectivity index (χ0) is 18.9. The van der Waals surface area contributed by atoms with Crippen LogP contribution >= 0.6 is 43.5 Å². The van der Waals surface area contributed by atoms with Crippen LogP contribution in [0.2, 0.25) is 5.02 Å².